The van der Waals surface area contributed by atoms with E-state index in [1.807, 2.05) is 57.2 Å². The second kappa shape index (κ2) is 5.36. The number of hydrogen-bond acceptors (Lipinski definition) is 2. The van der Waals surface area contributed by atoms with Crippen molar-refractivity contribution in [3.05, 3.63) is 60.7 Å². The summed E-state index contributed by atoms with van der Waals surface area (Å²) in [6.07, 6.45) is -0.354. The van der Waals surface area contributed by atoms with E-state index in [0.29, 0.717) is 0 Å². The van der Waals surface area contributed by atoms with E-state index >= 15 is 0 Å². The van der Waals surface area contributed by atoms with Gasteiger partial charge >= 0.3 is 6.09 Å². The molecular weight excluding hydrogens is 336 g/mol. The van der Waals surface area contributed by atoms with E-state index in [-0.39, 0.29) is 6.09 Å². The number of ether oxygens (including phenoxy) is 1. The Kier molecular flexibility index (Phi) is 3.17. The number of nitrogens with zero attached hydrogens (tertiary/aromatic N) is 1. The van der Waals surface area contributed by atoms with Gasteiger partial charge in [-0.15, -0.1) is 0 Å². The molecule has 27 heavy (non-hydrogen) atoms. The quantitative estimate of drug-likeness (QED) is 0.358. The van der Waals surface area contributed by atoms with E-state index in [4.69, 9.17) is 4.74 Å². The predicted octanol–water partition coefficient (Wildman–Crippen LogP) is 6.21. The molecule has 3 aromatic carbocycles. The van der Waals surface area contributed by atoms with Crippen LogP contribution >= 0.6 is 0 Å². The summed E-state index contributed by atoms with van der Waals surface area (Å²) in [4.78, 5) is 16.5. The van der Waals surface area contributed by atoms with Crippen LogP contribution in [0.1, 0.15) is 20.8 Å². The minimum absolute atomic E-state index is 0.354. The SMILES string of the molecule is CC(C)(C)OC(=O)n1c2ccccc2c2cc3[nH]c4ccccc4c3cc21. The van der Waals surface area contributed by atoms with E-state index in [1.165, 1.54) is 0 Å². The average molecular weight is 356 g/mol. The second-order valence-electron chi connectivity index (χ2n) is 7.92. The summed E-state index contributed by atoms with van der Waals surface area (Å²) in [6.45, 7) is 5.66. The molecule has 1 N–H and O–H groups in total. The van der Waals surface area contributed by atoms with Crippen molar-refractivity contribution in [3.8, 4) is 0 Å². The van der Waals surface area contributed by atoms with E-state index < -0.39 is 5.60 Å². The van der Waals surface area contributed by atoms with Gasteiger partial charge in [0.1, 0.15) is 5.60 Å². The molecule has 0 aliphatic rings. The summed E-state index contributed by atoms with van der Waals surface area (Å²) < 4.78 is 7.39. The lowest BCUT2D eigenvalue weighted by Crippen LogP contribution is -2.27. The minimum Gasteiger partial charge on any atom is -0.443 e. The van der Waals surface area contributed by atoms with Crippen LogP contribution in [0, 0.1) is 0 Å². The van der Waals surface area contributed by atoms with Crippen molar-refractivity contribution < 1.29 is 9.53 Å². The lowest BCUT2D eigenvalue weighted by atomic mass is 10.1. The van der Waals surface area contributed by atoms with Gasteiger partial charge in [-0.05, 0) is 45.0 Å². The number of aromatic amines is 1. The number of aromatic nitrogens is 2. The second-order valence-corrected chi connectivity index (χ2v) is 7.92. The van der Waals surface area contributed by atoms with Gasteiger partial charge in [0.15, 0.2) is 0 Å². The zero-order valence-electron chi connectivity index (χ0n) is 15.5. The van der Waals surface area contributed by atoms with E-state index in [1.54, 1.807) is 4.57 Å². The molecule has 0 aliphatic carbocycles. The van der Waals surface area contributed by atoms with Gasteiger partial charge < -0.3 is 9.72 Å². The Morgan fingerprint density at radius 2 is 1.52 bits per heavy atom. The molecule has 2 aromatic heterocycles. The van der Waals surface area contributed by atoms with E-state index in [9.17, 15) is 4.79 Å². The van der Waals surface area contributed by atoms with Crippen LogP contribution in [0.3, 0.4) is 0 Å². The smallest absolute Gasteiger partial charge is 0.419 e. The van der Waals surface area contributed by atoms with Crippen LogP contribution in [0.5, 0.6) is 0 Å². The fraction of sp³-hybridized carbons (Fsp3) is 0.174. The van der Waals surface area contributed by atoms with Crippen LogP contribution in [0.4, 0.5) is 4.79 Å². The van der Waals surface area contributed by atoms with Crippen molar-refractivity contribution in [3.63, 3.8) is 0 Å². The zero-order chi connectivity index (χ0) is 18.8. The molecule has 5 aromatic rings. The number of H-pyrrole nitrogens is 1. The normalized spacial score (nSPS) is 12.4. The van der Waals surface area contributed by atoms with Crippen molar-refractivity contribution in [2.75, 3.05) is 0 Å². The highest BCUT2D eigenvalue weighted by atomic mass is 16.6. The van der Waals surface area contributed by atoms with Crippen LogP contribution in [-0.2, 0) is 4.74 Å². The highest BCUT2D eigenvalue weighted by Crippen LogP contribution is 2.35. The molecule has 2 heterocycles. The molecule has 0 saturated carbocycles. The van der Waals surface area contributed by atoms with Crippen LogP contribution < -0.4 is 0 Å². The van der Waals surface area contributed by atoms with Crippen molar-refractivity contribution in [1.29, 1.82) is 0 Å². The van der Waals surface area contributed by atoms with Gasteiger partial charge in [-0.25, -0.2) is 9.36 Å². The number of nitrogens with one attached hydrogen (secondary N) is 1. The molecule has 0 atom stereocenters. The molecular formula is C23H20N2O2. The Balaban J connectivity index is 1.90. The maximum Gasteiger partial charge on any atom is 0.419 e. The summed E-state index contributed by atoms with van der Waals surface area (Å²) in [5, 5.41) is 4.33. The summed E-state index contributed by atoms with van der Waals surface area (Å²) in [5.41, 5.74) is 3.32. The molecule has 4 heteroatoms. The van der Waals surface area contributed by atoms with Crippen LogP contribution in [0.2, 0.25) is 0 Å². The van der Waals surface area contributed by atoms with Crippen molar-refractivity contribution in [1.82, 2.24) is 9.55 Å². The first-order valence-corrected chi connectivity index (χ1v) is 9.09. The Morgan fingerprint density at radius 3 is 2.30 bits per heavy atom. The van der Waals surface area contributed by atoms with Gasteiger partial charge in [-0.2, -0.15) is 0 Å². The Hall–Kier alpha value is -3.27. The topological polar surface area (TPSA) is 47.0 Å². The number of para-hydroxylation sites is 2. The molecule has 5 rings (SSSR count). The fourth-order valence-electron chi connectivity index (χ4n) is 3.82. The van der Waals surface area contributed by atoms with Gasteiger partial charge in [0, 0.05) is 32.6 Å². The number of fused-ring (bicyclic) bond motifs is 6. The molecule has 0 fully saturated rings. The average Bonchev–Trinajstić information content (AvgIpc) is 3.13. The highest BCUT2D eigenvalue weighted by molar-refractivity contribution is 6.19. The molecule has 4 nitrogen and oxygen atoms in total. The van der Waals surface area contributed by atoms with Gasteiger partial charge in [0.25, 0.3) is 0 Å². The third-order valence-corrected chi connectivity index (χ3v) is 4.87. The third-order valence-electron chi connectivity index (χ3n) is 4.87. The van der Waals surface area contributed by atoms with Gasteiger partial charge in [-0.3, -0.25) is 0 Å². The molecule has 0 spiro atoms. The fourth-order valence-corrected chi connectivity index (χ4v) is 3.82. The minimum atomic E-state index is -0.556. The highest BCUT2D eigenvalue weighted by Gasteiger charge is 2.23. The number of carbonyl (C=O) groups excluding carboxylic acids is 1. The van der Waals surface area contributed by atoms with Crippen molar-refractivity contribution in [2.24, 2.45) is 0 Å². The van der Waals surface area contributed by atoms with Gasteiger partial charge in [0.05, 0.1) is 11.0 Å². The monoisotopic (exact) mass is 356 g/mol. The summed E-state index contributed by atoms with van der Waals surface area (Å²) in [6, 6.07) is 20.4. The van der Waals surface area contributed by atoms with Crippen LogP contribution in [-0.4, -0.2) is 21.2 Å². The lowest BCUT2D eigenvalue weighted by molar-refractivity contribution is 0.0551. The standard InChI is InChI=1S/C23H20N2O2/c1-23(2,3)27-22(26)25-20-11-7-5-9-15(20)17-12-19-16(13-21(17)25)14-8-4-6-10-18(14)24-19/h4-13,24H,1-3H3. The maximum absolute atomic E-state index is 13.0. The Labute approximate surface area is 156 Å². The number of benzene rings is 3. The van der Waals surface area contributed by atoms with Crippen molar-refractivity contribution in [2.45, 2.75) is 26.4 Å². The summed E-state index contributed by atoms with van der Waals surface area (Å²) >= 11 is 0. The van der Waals surface area contributed by atoms with Gasteiger partial charge in [-0.1, -0.05) is 36.4 Å². The molecule has 134 valence electrons. The first-order valence-electron chi connectivity index (χ1n) is 9.09. The number of rotatable bonds is 0. The van der Waals surface area contributed by atoms with Crippen LogP contribution in [0.25, 0.3) is 43.6 Å². The molecule has 0 aliphatic heterocycles. The molecule has 0 amide bonds. The number of carbonyl (C=O) groups is 1. The molecule has 0 saturated heterocycles. The maximum atomic E-state index is 13.0. The van der Waals surface area contributed by atoms with Crippen LogP contribution in [0.15, 0.2) is 60.7 Å². The predicted molar refractivity (Wildman–Crippen MR) is 110 cm³/mol. The summed E-state index contributed by atoms with van der Waals surface area (Å²) in [5.74, 6) is 0. The summed E-state index contributed by atoms with van der Waals surface area (Å²) in [7, 11) is 0. The first kappa shape index (κ1) is 15.9. The van der Waals surface area contributed by atoms with Crippen molar-refractivity contribution >= 4 is 49.7 Å². The largest absolute Gasteiger partial charge is 0.443 e. The molecule has 0 unspecified atom stereocenters. The lowest BCUT2D eigenvalue weighted by Gasteiger charge is -2.20. The zero-order valence-corrected chi connectivity index (χ0v) is 15.5. The Bertz CT molecular complexity index is 1350. The third kappa shape index (κ3) is 2.40. The first-order chi connectivity index (χ1) is 12.9. The van der Waals surface area contributed by atoms with E-state index in [2.05, 4.69) is 29.2 Å². The van der Waals surface area contributed by atoms with Gasteiger partial charge in [0.2, 0.25) is 0 Å². The Morgan fingerprint density at radius 1 is 0.815 bits per heavy atom. The molecule has 0 radical (unpaired) electrons. The van der Waals surface area contributed by atoms with E-state index in [0.717, 1.165) is 43.6 Å². The number of hydrogen-bond donors (Lipinski definition) is 1. The molecule has 0 bridgehead atoms.